The lowest BCUT2D eigenvalue weighted by Crippen LogP contribution is -2.43. The van der Waals surface area contributed by atoms with Crippen molar-refractivity contribution in [3.8, 4) is 0 Å². The van der Waals surface area contributed by atoms with E-state index in [0.29, 0.717) is 24.2 Å². The van der Waals surface area contributed by atoms with E-state index >= 15 is 0 Å². The fourth-order valence-electron chi connectivity index (χ4n) is 8.43. The Balaban J connectivity index is 1.58. The summed E-state index contributed by atoms with van der Waals surface area (Å²) in [7, 11) is -2.05. The third-order valence-electron chi connectivity index (χ3n) is 10.8. The van der Waals surface area contributed by atoms with E-state index < -0.39 is 39.3 Å². The van der Waals surface area contributed by atoms with Crippen molar-refractivity contribution in [2.24, 2.45) is 40.4 Å². The van der Waals surface area contributed by atoms with Crippen LogP contribution >= 0.6 is 0 Å². The number of esters is 1. The van der Waals surface area contributed by atoms with Gasteiger partial charge in [0.25, 0.3) is 10.1 Å². The zero-order valence-corrected chi connectivity index (χ0v) is 25.9. The molecule has 1 N–H and O–H groups in total. The summed E-state index contributed by atoms with van der Waals surface area (Å²) in [6.07, 6.45) is 13.3. The van der Waals surface area contributed by atoms with Gasteiger partial charge in [0.15, 0.2) is 0 Å². The molecule has 39 heavy (non-hydrogen) atoms. The van der Waals surface area contributed by atoms with Gasteiger partial charge in [-0.2, -0.15) is 8.42 Å². The van der Waals surface area contributed by atoms with Crippen LogP contribution in [0, 0.1) is 40.4 Å². The summed E-state index contributed by atoms with van der Waals surface area (Å²) in [6, 6.07) is 0. The van der Waals surface area contributed by atoms with Gasteiger partial charge in [-0.1, -0.05) is 44.6 Å². The quantitative estimate of drug-likeness (QED) is 0.214. The average molecular weight is 567 g/mol. The molecule has 0 bridgehead atoms. The molecule has 4 rings (SSSR count). The summed E-state index contributed by atoms with van der Waals surface area (Å²) in [4.78, 5) is 11.8. The Labute approximate surface area is 235 Å². The van der Waals surface area contributed by atoms with Gasteiger partial charge in [-0.3, -0.25) is 8.98 Å². The molecule has 4 saturated carbocycles. The molecule has 0 aromatic heterocycles. The number of carbonyl (C=O) groups is 1. The van der Waals surface area contributed by atoms with Gasteiger partial charge in [0, 0.05) is 25.4 Å². The first-order valence-corrected chi connectivity index (χ1v) is 16.5. The van der Waals surface area contributed by atoms with E-state index in [1.165, 1.54) is 25.3 Å². The monoisotopic (exact) mass is 566 g/mol. The van der Waals surface area contributed by atoms with Crippen LogP contribution in [0.25, 0.3) is 0 Å². The summed E-state index contributed by atoms with van der Waals surface area (Å²) in [5.41, 5.74) is 0.374. The highest BCUT2D eigenvalue weighted by atomic mass is 32.2. The number of hydrogen-bond acceptors (Lipinski definition) is 7. The molecule has 222 valence electrons. The first-order valence-electron chi connectivity index (χ1n) is 14.7. The highest BCUT2D eigenvalue weighted by Gasteiger charge is 2.72. The first-order chi connectivity index (χ1) is 18.0. The van der Waals surface area contributed by atoms with Crippen molar-refractivity contribution in [2.45, 2.75) is 110 Å². The number of methoxy groups -OCH3 is 1. The fourth-order valence-corrected chi connectivity index (χ4v) is 9.11. The van der Waals surface area contributed by atoms with Gasteiger partial charge < -0.3 is 14.6 Å². The predicted molar refractivity (Wildman–Crippen MR) is 151 cm³/mol. The smallest absolute Gasteiger partial charge is 0.302 e. The third kappa shape index (κ3) is 6.05. The summed E-state index contributed by atoms with van der Waals surface area (Å²) in [6.45, 7) is 11.9. The zero-order valence-electron chi connectivity index (χ0n) is 25.1. The van der Waals surface area contributed by atoms with Gasteiger partial charge in [-0.25, -0.2) is 0 Å². The minimum absolute atomic E-state index is 0.0873. The second-order valence-electron chi connectivity index (χ2n) is 13.8. The Morgan fingerprint density at radius 3 is 2.49 bits per heavy atom. The number of hydrogen-bond donors (Lipinski definition) is 1. The number of fused-ring (bicyclic) bond motifs is 2. The number of allylic oxidation sites excluding steroid dienone is 2. The van der Waals surface area contributed by atoms with E-state index in [9.17, 15) is 18.3 Å². The predicted octanol–water partition coefficient (Wildman–Crippen LogP) is 5.43. The van der Waals surface area contributed by atoms with Gasteiger partial charge in [-0.05, 0) is 87.9 Å². The molecule has 0 aliphatic heterocycles. The second-order valence-corrected chi connectivity index (χ2v) is 15.4. The maximum Gasteiger partial charge on any atom is 0.302 e. The van der Waals surface area contributed by atoms with Crippen LogP contribution in [-0.4, -0.2) is 56.8 Å². The molecule has 0 aromatic carbocycles. The minimum atomic E-state index is -3.75. The van der Waals surface area contributed by atoms with Crippen molar-refractivity contribution in [2.75, 3.05) is 13.4 Å². The molecule has 0 amide bonds. The van der Waals surface area contributed by atoms with Crippen molar-refractivity contribution in [3.05, 3.63) is 23.8 Å². The first kappa shape index (κ1) is 30.7. The second kappa shape index (κ2) is 10.9. The summed E-state index contributed by atoms with van der Waals surface area (Å²) >= 11 is 0. The Morgan fingerprint density at radius 1 is 1.21 bits per heavy atom. The van der Waals surface area contributed by atoms with E-state index in [4.69, 9.17) is 13.7 Å². The standard InChI is InChI=1S/C31H50O7S/c1-19(11-12-20(2)29(4,5)33)24-13-14-25-22(10-9-15-30(24,25)6)16-27(36-7)31-18-23(31)17-26(37-21(3)32)28(31)38-39(8,34)35/h11-12,16,19-20,23-28,33H,9-10,13-15,17-18H2,1-8H3/b12-11+,22-16+/t19-,20+,23?,24-,25+,26+,27?,28?,30-,31?/m1/s1. The molecule has 4 aliphatic carbocycles. The Kier molecular flexibility index (Phi) is 8.57. The summed E-state index contributed by atoms with van der Waals surface area (Å²) < 4.78 is 41.7. The number of ether oxygens (including phenoxy) is 2. The van der Waals surface area contributed by atoms with Gasteiger partial charge in [0.1, 0.15) is 12.2 Å². The van der Waals surface area contributed by atoms with Crippen LogP contribution in [-0.2, 0) is 28.6 Å². The highest BCUT2D eigenvalue weighted by Crippen LogP contribution is 2.68. The fraction of sp³-hybridized carbons (Fsp3) is 0.839. The lowest BCUT2D eigenvalue weighted by Gasteiger charge is -2.44. The number of carbonyl (C=O) groups excluding carboxylic acids is 1. The SMILES string of the molecule is COC(/C=C1\CCC[C@]2(C)[C@@H]([C@H](C)/C=C/[C@H](C)C(C)(C)O)CC[C@@H]12)C12CC1C[C@H](OC(C)=O)C2OS(C)(=O)=O. The molecular weight excluding hydrogens is 516 g/mol. The lowest BCUT2D eigenvalue weighted by atomic mass is 9.61. The highest BCUT2D eigenvalue weighted by molar-refractivity contribution is 7.86. The van der Waals surface area contributed by atoms with Crippen LogP contribution in [0.4, 0.5) is 0 Å². The summed E-state index contributed by atoms with van der Waals surface area (Å²) in [5, 5.41) is 10.4. The average Bonchev–Trinajstić information content (AvgIpc) is 3.30. The molecule has 4 aliphatic rings. The van der Waals surface area contributed by atoms with Gasteiger partial charge in [-0.15, -0.1) is 0 Å². The number of aliphatic hydroxyl groups is 1. The van der Waals surface area contributed by atoms with Gasteiger partial charge in [0.05, 0.1) is 18.0 Å². The lowest BCUT2D eigenvalue weighted by molar-refractivity contribution is -0.152. The molecule has 0 heterocycles. The van der Waals surface area contributed by atoms with Crippen molar-refractivity contribution in [1.82, 2.24) is 0 Å². The van der Waals surface area contributed by atoms with Crippen LogP contribution < -0.4 is 0 Å². The van der Waals surface area contributed by atoms with Gasteiger partial charge in [0.2, 0.25) is 0 Å². The maximum atomic E-state index is 12.2. The topological polar surface area (TPSA) is 99.1 Å². The van der Waals surface area contributed by atoms with E-state index in [1.54, 1.807) is 7.11 Å². The van der Waals surface area contributed by atoms with Crippen molar-refractivity contribution in [1.29, 1.82) is 0 Å². The minimum Gasteiger partial charge on any atom is -0.460 e. The molecule has 10 atom stereocenters. The zero-order chi connectivity index (χ0) is 29.0. The van der Waals surface area contributed by atoms with Crippen LogP contribution in [0.15, 0.2) is 23.8 Å². The van der Waals surface area contributed by atoms with E-state index in [2.05, 4.69) is 39.0 Å². The van der Waals surface area contributed by atoms with Crippen LogP contribution in [0.2, 0.25) is 0 Å². The molecule has 0 radical (unpaired) electrons. The number of rotatable bonds is 10. The van der Waals surface area contributed by atoms with E-state index in [-0.39, 0.29) is 23.4 Å². The van der Waals surface area contributed by atoms with Crippen LogP contribution in [0.5, 0.6) is 0 Å². The summed E-state index contributed by atoms with van der Waals surface area (Å²) in [5.74, 6) is 1.30. The largest absolute Gasteiger partial charge is 0.460 e. The molecule has 0 spiro atoms. The van der Waals surface area contributed by atoms with Crippen molar-refractivity contribution < 1.29 is 32.0 Å². The molecule has 0 aromatic rings. The van der Waals surface area contributed by atoms with Crippen LogP contribution in [0.1, 0.15) is 86.5 Å². The maximum absolute atomic E-state index is 12.2. The van der Waals surface area contributed by atoms with E-state index in [1.807, 2.05) is 13.8 Å². The Hall–Kier alpha value is -1.22. The Bertz CT molecular complexity index is 1090. The van der Waals surface area contributed by atoms with Crippen LogP contribution in [0.3, 0.4) is 0 Å². The third-order valence-corrected chi connectivity index (χ3v) is 11.4. The molecular formula is C31H50O7S. The molecule has 0 saturated heterocycles. The molecule has 4 unspecified atom stereocenters. The van der Waals surface area contributed by atoms with E-state index in [0.717, 1.165) is 31.9 Å². The van der Waals surface area contributed by atoms with Crippen molar-refractivity contribution >= 4 is 16.1 Å². The molecule has 8 heteroatoms. The molecule has 7 nitrogen and oxygen atoms in total. The van der Waals surface area contributed by atoms with Gasteiger partial charge >= 0.3 is 5.97 Å². The normalized spacial score (nSPS) is 39.8. The Morgan fingerprint density at radius 2 is 1.90 bits per heavy atom. The van der Waals surface area contributed by atoms with Crippen molar-refractivity contribution in [3.63, 3.8) is 0 Å². The molecule has 4 fully saturated rings.